The van der Waals surface area contributed by atoms with Crippen molar-refractivity contribution in [1.82, 2.24) is 14.5 Å². The van der Waals surface area contributed by atoms with E-state index in [4.69, 9.17) is 4.98 Å². The Labute approximate surface area is 180 Å². The van der Waals surface area contributed by atoms with Crippen LogP contribution < -0.4 is 5.56 Å². The number of aromatic nitrogens is 2. The molecule has 5 nitrogen and oxygen atoms in total. The molecule has 3 heterocycles. The third-order valence-corrected chi connectivity index (χ3v) is 7.61. The van der Waals surface area contributed by atoms with Crippen LogP contribution in [-0.2, 0) is 17.8 Å². The Hall–Kier alpha value is -1.73. The van der Waals surface area contributed by atoms with E-state index < -0.39 is 0 Å². The van der Waals surface area contributed by atoms with E-state index in [0.29, 0.717) is 22.7 Å². The number of thioether (sulfide) groups is 2. The molecule has 1 fully saturated rings. The van der Waals surface area contributed by atoms with Crippen LogP contribution in [-0.4, -0.2) is 44.5 Å². The van der Waals surface area contributed by atoms with Gasteiger partial charge in [0.1, 0.15) is 0 Å². The molecule has 1 saturated heterocycles. The number of amides is 1. The van der Waals surface area contributed by atoms with E-state index >= 15 is 0 Å². The minimum atomic E-state index is 0.0259. The van der Waals surface area contributed by atoms with Crippen LogP contribution in [0.2, 0.25) is 0 Å². The molecule has 1 aromatic heterocycles. The molecule has 0 bridgehead atoms. The minimum absolute atomic E-state index is 0.0259. The number of fused-ring (bicyclic) bond motifs is 1. The molecule has 2 aromatic rings. The molecular weight excluding hydrogens is 402 g/mol. The highest BCUT2D eigenvalue weighted by molar-refractivity contribution is 8.00. The summed E-state index contributed by atoms with van der Waals surface area (Å²) in [7, 11) is 0. The first-order valence-corrected chi connectivity index (χ1v) is 12.2. The number of likely N-dealkylation sites (tertiary alicyclic amines) is 1. The van der Waals surface area contributed by atoms with Crippen LogP contribution in [0.1, 0.15) is 43.9 Å². The second-order valence-corrected chi connectivity index (χ2v) is 10.2. The van der Waals surface area contributed by atoms with Crippen LogP contribution in [0.3, 0.4) is 0 Å². The van der Waals surface area contributed by atoms with Crippen molar-refractivity contribution < 1.29 is 4.79 Å². The average molecular weight is 430 g/mol. The summed E-state index contributed by atoms with van der Waals surface area (Å²) in [6, 6.07) is 9.97. The molecule has 29 heavy (non-hydrogen) atoms. The zero-order valence-corrected chi connectivity index (χ0v) is 18.4. The molecule has 2 aliphatic rings. The summed E-state index contributed by atoms with van der Waals surface area (Å²) in [5, 5.41) is 1.03. The van der Waals surface area contributed by atoms with Gasteiger partial charge in [0.2, 0.25) is 5.91 Å². The van der Waals surface area contributed by atoms with Gasteiger partial charge < -0.3 is 4.90 Å². The van der Waals surface area contributed by atoms with Gasteiger partial charge in [-0.1, -0.05) is 61.9 Å². The molecule has 2 aliphatic heterocycles. The fourth-order valence-corrected chi connectivity index (χ4v) is 5.92. The number of benzene rings is 1. The topological polar surface area (TPSA) is 55.2 Å². The molecule has 154 valence electrons. The van der Waals surface area contributed by atoms with Gasteiger partial charge in [-0.05, 0) is 18.4 Å². The van der Waals surface area contributed by atoms with Gasteiger partial charge in [0.05, 0.1) is 22.9 Å². The summed E-state index contributed by atoms with van der Waals surface area (Å²) in [6.45, 7) is 4.31. The first-order chi connectivity index (χ1) is 14.1. The number of hydrogen-bond acceptors (Lipinski definition) is 5. The molecule has 0 aliphatic carbocycles. The molecule has 7 heteroatoms. The summed E-state index contributed by atoms with van der Waals surface area (Å²) in [5.74, 6) is 0.489. The Morgan fingerprint density at radius 1 is 1.17 bits per heavy atom. The molecule has 0 N–H and O–H groups in total. The predicted octanol–water partition coefficient (Wildman–Crippen LogP) is 3.82. The lowest BCUT2D eigenvalue weighted by Gasteiger charge is -2.20. The summed E-state index contributed by atoms with van der Waals surface area (Å²) in [4.78, 5) is 33.5. The van der Waals surface area contributed by atoms with Crippen molar-refractivity contribution in [3.8, 4) is 0 Å². The molecule has 0 radical (unpaired) electrons. The van der Waals surface area contributed by atoms with Crippen molar-refractivity contribution in [3.63, 3.8) is 0 Å². The third kappa shape index (κ3) is 4.89. The van der Waals surface area contributed by atoms with Crippen LogP contribution in [0.15, 0.2) is 45.2 Å². The quantitative estimate of drug-likeness (QED) is 0.534. The van der Waals surface area contributed by atoms with Crippen molar-refractivity contribution in [2.75, 3.05) is 18.8 Å². The first kappa shape index (κ1) is 20.5. The highest BCUT2D eigenvalue weighted by Crippen LogP contribution is 2.34. The number of nitrogens with zero attached hydrogens (tertiary/aromatic N) is 3. The second-order valence-electron chi connectivity index (χ2n) is 7.76. The van der Waals surface area contributed by atoms with Gasteiger partial charge in [0.25, 0.3) is 5.56 Å². The summed E-state index contributed by atoms with van der Waals surface area (Å²) >= 11 is 3.03. The Morgan fingerprint density at radius 2 is 1.90 bits per heavy atom. The van der Waals surface area contributed by atoms with Crippen molar-refractivity contribution in [2.45, 2.75) is 60.9 Å². The number of carbonyl (C=O) groups excluding carboxylic acids is 1. The lowest BCUT2D eigenvalue weighted by molar-refractivity contribution is -0.128. The average Bonchev–Trinajstić information content (AvgIpc) is 2.92. The summed E-state index contributed by atoms with van der Waals surface area (Å²) < 4.78 is 1.75. The van der Waals surface area contributed by atoms with Crippen LogP contribution >= 0.6 is 23.5 Å². The largest absolute Gasteiger partial charge is 0.342 e. The van der Waals surface area contributed by atoms with Crippen molar-refractivity contribution >= 4 is 29.4 Å². The van der Waals surface area contributed by atoms with E-state index in [1.807, 2.05) is 35.2 Å². The zero-order valence-electron chi connectivity index (χ0n) is 16.8. The van der Waals surface area contributed by atoms with E-state index in [0.717, 1.165) is 48.5 Å². The van der Waals surface area contributed by atoms with Crippen molar-refractivity contribution in [1.29, 1.82) is 0 Å². The Balaban J connectivity index is 1.57. The molecule has 1 aromatic carbocycles. The Kier molecular flexibility index (Phi) is 6.65. The molecule has 4 rings (SSSR count). The second kappa shape index (κ2) is 9.39. The molecule has 1 atom stereocenters. The van der Waals surface area contributed by atoms with Crippen LogP contribution in [0.5, 0.6) is 0 Å². The van der Waals surface area contributed by atoms with E-state index in [-0.39, 0.29) is 11.5 Å². The first-order valence-electron chi connectivity index (χ1n) is 10.4. The molecule has 0 spiro atoms. The van der Waals surface area contributed by atoms with Crippen molar-refractivity contribution in [2.24, 2.45) is 0 Å². The monoisotopic (exact) mass is 429 g/mol. The Morgan fingerprint density at radius 3 is 2.62 bits per heavy atom. The lowest BCUT2D eigenvalue weighted by Crippen LogP contribution is -2.33. The lowest BCUT2D eigenvalue weighted by atomic mass is 10.2. The van der Waals surface area contributed by atoms with Gasteiger partial charge in [0, 0.05) is 24.8 Å². The van der Waals surface area contributed by atoms with E-state index in [2.05, 4.69) is 6.92 Å². The van der Waals surface area contributed by atoms with Gasteiger partial charge >= 0.3 is 0 Å². The molecule has 1 amide bonds. The van der Waals surface area contributed by atoms with Crippen molar-refractivity contribution in [3.05, 3.63) is 51.9 Å². The SMILES string of the molecule is C[C@H]1Cc2nc(SCC(=O)N3CCCCCC3)n(Cc3ccccc3)c(=O)c2S1. The zero-order chi connectivity index (χ0) is 20.2. The van der Waals surface area contributed by atoms with E-state index in [1.54, 1.807) is 16.3 Å². The van der Waals surface area contributed by atoms with Gasteiger partial charge in [-0.15, -0.1) is 11.8 Å². The number of rotatable bonds is 5. The van der Waals surface area contributed by atoms with Crippen LogP contribution in [0, 0.1) is 0 Å². The van der Waals surface area contributed by atoms with Gasteiger partial charge in [-0.2, -0.15) is 0 Å². The standard InChI is InChI=1S/C22H27N3O2S2/c1-16-13-18-20(29-16)21(27)25(14-17-9-5-4-6-10-17)22(23-18)28-15-19(26)24-11-7-2-3-8-12-24/h4-6,9-10,16H,2-3,7-8,11-15H2,1H3/t16-/m0/s1. The minimum Gasteiger partial charge on any atom is -0.342 e. The highest BCUT2D eigenvalue weighted by atomic mass is 32.2. The Bertz CT molecular complexity index is 922. The van der Waals surface area contributed by atoms with Gasteiger partial charge in [-0.25, -0.2) is 4.98 Å². The number of carbonyl (C=O) groups is 1. The maximum Gasteiger partial charge on any atom is 0.268 e. The highest BCUT2D eigenvalue weighted by Gasteiger charge is 2.27. The summed E-state index contributed by atoms with van der Waals surface area (Å²) in [6.07, 6.45) is 5.39. The van der Waals surface area contributed by atoms with E-state index in [1.165, 1.54) is 24.6 Å². The maximum absolute atomic E-state index is 13.2. The van der Waals surface area contributed by atoms with Crippen LogP contribution in [0.25, 0.3) is 0 Å². The smallest absolute Gasteiger partial charge is 0.268 e. The van der Waals surface area contributed by atoms with Gasteiger partial charge in [-0.3, -0.25) is 14.2 Å². The van der Waals surface area contributed by atoms with Gasteiger partial charge in [0.15, 0.2) is 5.16 Å². The molecule has 0 unspecified atom stereocenters. The third-order valence-electron chi connectivity index (χ3n) is 5.43. The number of hydrogen-bond donors (Lipinski definition) is 0. The van der Waals surface area contributed by atoms with Crippen LogP contribution in [0.4, 0.5) is 0 Å². The molecular formula is C22H27N3O2S2. The maximum atomic E-state index is 13.2. The summed E-state index contributed by atoms with van der Waals surface area (Å²) in [5.41, 5.74) is 1.98. The fraction of sp³-hybridized carbons (Fsp3) is 0.500. The fourth-order valence-electron chi connectivity index (χ4n) is 3.88. The van der Waals surface area contributed by atoms with E-state index in [9.17, 15) is 9.59 Å². The molecule has 0 saturated carbocycles. The predicted molar refractivity (Wildman–Crippen MR) is 119 cm³/mol. The normalized spacial score (nSPS) is 19.1.